The van der Waals surface area contributed by atoms with Gasteiger partial charge < -0.3 is 10.2 Å². The molecule has 1 fully saturated rings. The van der Waals surface area contributed by atoms with Crippen LogP contribution >= 0.6 is 11.3 Å². The number of nitrogens with zero attached hydrogens (tertiary/aromatic N) is 4. The van der Waals surface area contributed by atoms with Gasteiger partial charge in [0, 0.05) is 37.6 Å². The quantitative estimate of drug-likeness (QED) is 0.890. The lowest BCUT2D eigenvalue weighted by atomic mass is 10.2. The second-order valence-corrected chi connectivity index (χ2v) is 6.94. The van der Waals surface area contributed by atoms with E-state index >= 15 is 0 Å². The van der Waals surface area contributed by atoms with Gasteiger partial charge >= 0.3 is 0 Å². The topological polar surface area (TPSA) is 46.0 Å². The molecule has 1 N–H and O–H groups in total. The molecule has 1 saturated carbocycles. The van der Waals surface area contributed by atoms with Crippen LogP contribution in [0.4, 0.5) is 5.82 Å². The monoisotopic (exact) mass is 305 g/mol. The molecule has 0 bridgehead atoms. The van der Waals surface area contributed by atoms with Crippen LogP contribution in [-0.2, 0) is 20.1 Å². The maximum atomic E-state index is 4.59. The number of rotatable bonds is 6. The smallest absolute Gasteiger partial charge is 0.131 e. The minimum absolute atomic E-state index is 0.712. The van der Waals surface area contributed by atoms with Crippen molar-refractivity contribution in [2.75, 3.05) is 11.9 Å². The highest BCUT2D eigenvalue weighted by molar-refractivity contribution is 7.09. The molecule has 2 heterocycles. The molecule has 2 aromatic rings. The summed E-state index contributed by atoms with van der Waals surface area (Å²) in [5.74, 6) is 1.19. The highest BCUT2D eigenvalue weighted by Crippen LogP contribution is 2.26. The van der Waals surface area contributed by atoms with Crippen molar-refractivity contribution >= 4 is 17.2 Å². The van der Waals surface area contributed by atoms with Gasteiger partial charge in [-0.15, -0.1) is 11.3 Å². The van der Waals surface area contributed by atoms with Crippen LogP contribution in [0.15, 0.2) is 5.38 Å². The number of thiazole rings is 1. The maximum Gasteiger partial charge on any atom is 0.131 e. The van der Waals surface area contributed by atoms with E-state index in [1.807, 2.05) is 18.7 Å². The van der Waals surface area contributed by atoms with Crippen LogP contribution in [0.1, 0.15) is 34.8 Å². The molecular weight excluding hydrogens is 282 g/mol. The van der Waals surface area contributed by atoms with E-state index in [0.717, 1.165) is 29.5 Å². The summed E-state index contributed by atoms with van der Waals surface area (Å²) in [6, 6.07) is 0.712. The minimum Gasteiger partial charge on any atom is -0.354 e. The van der Waals surface area contributed by atoms with Crippen molar-refractivity contribution in [1.29, 1.82) is 0 Å². The third-order valence-corrected chi connectivity index (χ3v) is 4.71. The maximum absolute atomic E-state index is 4.59. The van der Waals surface area contributed by atoms with Crippen molar-refractivity contribution in [2.24, 2.45) is 7.05 Å². The molecule has 0 saturated heterocycles. The molecular formula is C15H23N5S. The van der Waals surface area contributed by atoms with Gasteiger partial charge in [-0.25, -0.2) is 4.98 Å². The Morgan fingerprint density at radius 3 is 2.81 bits per heavy atom. The summed E-state index contributed by atoms with van der Waals surface area (Å²) >= 11 is 1.71. The Hall–Kier alpha value is -1.40. The molecule has 0 aliphatic heterocycles. The largest absolute Gasteiger partial charge is 0.354 e. The zero-order valence-electron chi connectivity index (χ0n) is 13.2. The molecule has 1 aliphatic rings. The van der Waals surface area contributed by atoms with E-state index < -0.39 is 0 Å². The Kier molecular flexibility index (Phi) is 3.99. The predicted octanol–water partition coefficient (Wildman–Crippen LogP) is 2.38. The summed E-state index contributed by atoms with van der Waals surface area (Å²) in [6.45, 7) is 5.86. The number of hydrogen-bond donors (Lipinski definition) is 1. The SMILES string of the molecule is Cc1nc(CN(C)c2c(CNC3CC3)c(C)nn2C)cs1. The van der Waals surface area contributed by atoms with Gasteiger partial charge in [0.15, 0.2) is 0 Å². The van der Waals surface area contributed by atoms with Crippen LogP contribution < -0.4 is 10.2 Å². The minimum atomic E-state index is 0.712. The van der Waals surface area contributed by atoms with E-state index in [0.29, 0.717) is 6.04 Å². The zero-order chi connectivity index (χ0) is 15.0. The summed E-state index contributed by atoms with van der Waals surface area (Å²) in [5, 5.41) is 11.4. The number of anilines is 1. The van der Waals surface area contributed by atoms with Crippen LogP contribution in [-0.4, -0.2) is 27.9 Å². The fourth-order valence-corrected chi connectivity index (χ4v) is 3.31. The van der Waals surface area contributed by atoms with E-state index in [-0.39, 0.29) is 0 Å². The molecule has 0 amide bonds. The van der Waals surface area contributed by atoms with Gasteiger partial charge in [0.1, 0.15) is 5.82 Å². The molecule has 0 atom stereocenters. The molecule has 0 radical (unpaired) electrons. The lowest BCUT2D eigenvalue weighted by Gasteiger charge is -2.20. The lowest BCUT2D eigenvalue weighted by Crippen LogP contribution is -2.23. The zero-order valence-corrected chi connectivity index (χ0v) is 14.0. The van der Waals surface area contributed by atoms with Crippen molar-refractivity contribution in [2.45, 2.75) is 45.8 Å². The van der Waals surface area contributed by atoms with Crippen molar-refractivity contribution < 1.29 is 0 Å². The fourth-order valence-electron chi connectivity index (χ4n) is 2.71. The normalized spacial score (nSPS) is 14.7. The Balaban J connectivity index is 1.78. The summed E-state index contributed by atoms with van der Waals surface area (Å²) in [5.41, 5.74) is 3.54. The molecule has 0 unspecified atom stereocenters. The van der Waals surface area contributed by atoms with Crippen LogP contribution in [0.2, 0.25) is 0 Å². The highest BCUT2D eigenvalue weighted by atomic mass is 32.1. The van der Waals surface area contributed by atoms with Crippen LogP contribution in [0, 0.1) is 13.8 Å². The molecule has 0 spiro atoms. The third kappa shape index (κ3) is 3.27. The molecule has 1 aliphatic carbocycles. The van der Waals surface area contributed by atoms with Crippen molar-refractivity contribution in [3.63, 3.8) is 0 Å². The Labute approximate surface area is 130 Å². The summed E-state index contributed by atoms with van der Waals surface area (Å²) < 4.78 is 1.98. The summed E-state index contributed by atoms with van der Waals surface area (Å²) in [4.78, 5) is 6.81. The first-order valence-electron chi connectivity index (χ1n) is 7.42. The van der Waals surface area contributed by atoms with Gasteiger partial charge in [-0.2, -0.15) is 5.10 Å². The van der Waals surface area contributed by atoms with E-state index in [4.69, 9.17) is 0 Å². The first kappa shape index (κ1) is 14.5. The van der Waals surface area contributed by atoms with Crippen LogP contribution in [0.25, 0.3) is 0 Å². The van der Waals surface area contributed by atoms with Gasteiger partial charge in [0.05, 0.1) is 22.9 Å². The van der Waals surface area contributed by atoms with E-state index in [2.05, 4.69) is 39.7 Å². The van der Waals surface area contributed by atoms with Gasteiger partial charge in [0.2, 0.25) is 0 Å². The van der Waals surface area contributed by atoms with Gasteiger partial charge in [0.25, 0.3) is 0 Å². The van der Waals surface area contributed by atoms with Crippen molar-refractivity contribution in [3.8, 4) is 0 Å². The highest BCUT2D eigenvalue weighted by Gasteiger charge is 2.23. The number of nitrogens with one attached hydrogen (secondary N) is 1. The Bertz CT molecular complexity index is 626. The van der Waals surface area contributed by atoms with Gasteiger partial charge in [-0.05, 0) is 26.7 Å². The third-order valence-electron chi connectivity index (χ3n) is 3.89. The van der Waals surface area contributed by atoms with Crippen molar-refractivity contribution in [3.05, 3.63) is 27.3 Å². The first-order chi connectivity index (χ1) is 10.0. The summed E-state index contributed by atoms with van der Waals surface area (Å²) in [7, 11) is 4.14. The first-order valence-corrected chi connectivity index (χ1v) is 8.30. The molecule has 0 aromatic carbocycles. The molecule has 3 rings (SSSR count). The fraction of sp³-hybridized carbons (Fsp3) is 0.600. The molecule has 21 heavy (non-hydrogen) atoms. The number of aryl methyl sites for hydroxylation is 3. The molecule has 2 aromatic heterocycles. The Morgan fingerprint density at radius 1 is 1.43 bits per heavy atom. The Morgan fingerprint density at radius 2 is 2.19 bits per heavy atom. The average Bonchev–Trinajstić information content (AvgIpc) is 3.09. The standard InChI is InChI=1S/C15H23N5S/c1-10-14(7-16-12-5-6-12)15(20(4)18-10)19(3)8-13-9-21-11(2)17-13/h9,12,16H,5-8H2,1-4H3. The van der Waals surface area contributed by atoms with E-state index in [1.54, 1.807) is 11.3 Å². The van der Waals surface area contributed by atoms with Crippen LogP contribution in [0.5, 0.6) is 0 Å². The predicted molar refractivity (Wildman–Crippen MR) is 86.8 cm³/mol. The number of aromatic nitrogens is 3. The second kappa shape index (κ2) is 5.77. The average molecular weight is 305 g/mol. The van der Waals surface area contributed by atoms with Gasteiger partial charge in [-0.1, -0.05) is 0 Å². The van der Waals surface area contributed by atoms with E-state index in [1.165, 1.54) is 24.2 Å². The van der Waals surface area contributed by atoms with E-state index in [9.17, 15) is 0 Å². The second-order valence-electron chi connectivity index (χ2n) is 5.88. The molecule has 6 heteroatoms. The molecule has 5 nitrogen and oxygen atoms in total. The van der Waals surface area contributed by atoms with Crippen LogP contribution in [0.3, 0.4) is 0 Å². The molecule has 114 valence electrons. The van der Waals surface area contributed by atoms with Crippen molar-refractivity contribution in [1.82, 2.24) is 20.1 Å². The summed E-state index contributed by atoms with van der Waals surface area (Å²) in [6.07, 6.45) is 2.62. The lowest BCUT2D eigenvalue weighted by molar-refractivity contribution is 0.679. The number of hydrogen-bond acceptors (Lipinski definition) is 5. The van der Waals surface area contributed by atoms with Gasteiger partial charge in [-0.3, -0.25) is 4.68 Å².